The fourth-order valence-corrected chi connectivity index (χ4v) is 1.49. The first-order chi connectivity index (χ1) is 9.10. The number of halogens is 3. The highest BCUT2D eigenvalue weighted by Gasteiger charge is 2.29. The summed E-state index contributed by atoms with van der Waals surface area (Å²) >= 11 is 0. The second-order valence-corrected chi connectivity index (χ2v) is 4.22. The highest BCUT2D eigenvalue weighted by molar-refractivity contribution is 5.89. The molecule has 0 aromatic heterocycles. The summed E-state index contributed by atoms with van der Waals surface area (Å²) < 4.78 is 35.2. The Balaban J connectivity index is 0.000000396. The molecule has 20 heavy (non-hydrogen) atoms. The van der Waals surface area contributed by atoms with E-state index in [0.29, 0.717) is 25.2 Å². The Labute approximate surface area is 113 Å². The van der Waals surface area contributed by atoms with Crippen LogP contribution in [0.3, 0.4) is 0 Å². The van der Waals surface area contributed by atoms with Gasteiger partial charge >= 0.3 is 18.1 Å². The van der Waals surface area contributed by atoms with Crippen LogP contribution in [0, 0.1) is 0 Å². The topological polar surface area (TPSA) is 104 Å². The smallest absolute Gasteiger partial charge is 0.390 e. The Morgan fingerprint density at radius 1 is 1.25 bits per heavy atom. The quantitative estimate of drug-likeness (QED) is 0.659. The van der Waals surface area contributed by atoms with Crippen LogP contribution in [0.2, 0.25) is 0 Å². The summed E-state index contributed by atoms with van der Waals surface area (Å²) in [4.78, 5) is 20.9. The van der Waals surface area contributed by atoms with Crippen LogP contribution in [0.1, 0.15) is 12.8 Å². The number of rotatable bonds is 4. The molecular weight excluding hydrogens is 281 g/mol. The minimum absolute atomic E-state index is 0.0678. The number of hydrogen-bond donors (Lipinski definition) is 3. The van der Waals surface area contributed by atoms with Crippen LogP contribution in [0.25, 0.3) is 0 Å². The van der Waals surface area contributed by atoms with Crippen molar-refractivity contribution in [3.05, 3.63) is 12.2 Å². The van der Waals surface area contributed by atoms with E-state index in [1.165, 1.54) is 0 Å². The molecule has 0 aromatic carbocycles. The number of carboxylic acids is 2. The van der Waals surface area contributed by atoms with E-state index >= 15 is 0 Å². The van der Waals surface area contributed by atoms with Crippen LogP contribution in [0.4, 0.5) is 13.2 Å². The van der Waals surface area contributed by atoms with Gasteiger partial charge in [-0.15, -0.1) is 0 Å². The number of aliphatic carboxylic acids is 2. The molecule has 0 spiro atoms. The maximum atomic E-state index is 11.7. The van der Waals surface area contributed by atoms with Gasteiger partial charge in [-0.05, 0) is 13.0 Å². The van der Waals surface area contributed by atoms with Crippen molar-refractivity contribution in [2.24, 2.45) is 5.73 Å². The maximum absolute atomic E-state index is 11.7. The van der Waals surface area contributed by atoms with Gasteiger partial charge in [0.05, 0.1) is 6.42 Å². The standard InChI is InChI=1S/C7H13F3N2.C4H4O4/c8-7(9,10)2-4-12-3-1-6(11)5-12;5-3(6)1-2-4(7)8/h6H,1-5,11H2;1-2H,(H,5,6)(H,7,8). The van der Waals surface area contributed by atoms with Crippen molar-refractivity contribution in [3.8, 4) is 0 Å². The molecular formula is C11H17F3N2O4. The first kappa shape index (κ1) is 18.4. The summed E-state index contributed by atoms with van der Waals surface area (Å²) in [6, 6.07) is 0.0678. The average Bonchev–Trinajstić information content (AvgIpc) is 2.70. The van der Waals surface area contributed by atoms with Gasteiger partial charge in [-0.3, -0.25) is 0 Å². The number of hydrogen-bond acceptors (Lipinski definition) is 4. The summed E-state index contributed by atoms with van der Waals surface area (Å²) in [6.45, 7) is 1.41. The lowest BCUT2D eigenvalue weighted by atomic mass is 10.3. The average molecular weight is 298 g/mol. The molecule has 4 N–H and O–H groups in total. The molecule has 1 atom stereocenters. The zero-order valence-electron chi connectivity index (χ0n) is 10.6. The van der Waals surface area contributed by atoms with Crippen molar-refractivity contribution in [2.75, 3.05) is 19.6 Å². The Morgan fingerprint density at radius 2 is 1.75 bits per heavy atom. The Hall–Kier alpha value is -1.61. The van der Waals surface area contributed by atoms with Gasteiger partial charge < -0.3 is 20.8 Å². The van der Waals surface area contributed by atoms with Crippen LogP contribution in [-0.2, 0) is 9.59 Å². The molecule has 1 unspecified atom stereocenters. The molecule has 1 saturated heterocycles. The Morgan fingerprint density at radius 3 is 2.05 bits per heavy atom. The zero-order valence-corrected chi connectivity index (χ0v) is 10.6. The van der Waals surface area contributed by atoms with E-state index in [1.807, 2.05) is 0 Å². The van der Waals surface area contributed by atoms with E-state index in [4.69, 9.17) is 15.9 Å². The highest BCUT2D eigenvalue weighted by Crippen LogP contribution is 2.20. The van der Waals surface area contributed by atoms with Gasteiger partial charge in [0.25, 0.3) is 0 Å². The van der Waals surface area contributed by atoms with Gasteiger partial charge in [-0.2, -0.15) is 13.2 Å². The molecule has 0 saturated carbocycles. The van der Waals surface area contributed by atoms with Crippen molar-refractivity contribution in [2.45, 2.75) is 25.1 Å². The van der Waals surface area contributed by atoms with Crippen LogP contribution < -0.4 is 5.73 Å². The first-order valence-corrected chi connectivity index (χ1v) is 5.79. The van der Waals surface area contributed by atoms with E-state index in [0.717, 1.165) is 6.42 Å². The summed E-state index contributed by atoms with van der Waals surface area (Å²) in [6.07, 6.45) is -2.82. The number of nitrogens with two attached hydrogens (primary N) is 1. The third-order valence-corrected chi connectivity index (χ3v) is 2.39. The van der Waals surface area contributed by atoms with Gasteiger partial charge in [0.1, 0.15) is 0 Å². The molecule has 0 radical (unpaired) electrons. The van der Waals surface area contributed by atoms with Gasteiger partial charge in [0.15, 0.2) is 0 Å². The van der Waals surface area contributed by atoms with Crippen LogP contribution in [0.5, 0.6) is 0 Å². The third kappa shape index (κ3) is 11.5. The molecule has 1 fully saturated rings. The predicted octanol–water partition coefficient (Wildman–Crippen LogP) is 0.684. The van der Waals surface area contributed by atoms with Crippen LogP contribution in [-0.4, -0.2) is 58.9 Å². The number of carboxylic acid groups (broad SMARTS) is 2. The molecule has 0 aliphatic carbocycles. The second kappa shape index (κ2) is 8.54. The lowest BCUT2D eigenvalue weighted by Crippen LogP contribution is -2.29. The number of likely N-dealkylation sites (tertiary alicyclic amines) is 1. The molecule has 1 heterocycles. The van der Waals surface area contributed by atoms with Gasteiger partial charge in [0, 0.05) is 31.3 Å². The minimum Gasteiger partial charge on any atom is -0.478 e. The van der Waals surface area contributed by atoms with Gasteiger partial charge in [-0.25, -0.2) is 9.59 Å². The Kier molecular flexibility index (Phi) is 7.85. The number of alkyl halides is 3. The van der Waals surface area contributed by atoms with Crippen molar-refractivity contribution in [3.63, 3.8) is 0 Å². The summed E-state index contributed by atoms with van der Waals surface area (Å²) in [5.41, 5.74) is 5.54. The predicted molar refractivity (Wildman–Crippen MR) is 64.1 cm³/mol. The van der Waals surface area contributed by atoms with E-state index < -0.39 is 24.5 Å². The van der Waals surface area contributed by atoms with E-state index in [9.17, 15) is 22.8 Å². The molecule has 0 amide bonds. The monoisotopic (exact) mass is 298 g/mol. The van der Waals surface area contributed by atoms with Crippen molar-refractivity contribution in [1.29, 1.82) is 0 Å². The molecule has 116 valence electrons. The lowest BCUT2D eigenvalue weighted by molar-refractivity contribution is -0.137. The molecule has 1 rings (SSSR count). The molecule has 1 aliphatic rings. The van der Waals surface area contributed by atoms with Crippen molar-refractivity contribution >= 4 is 11.9 Å². The van der Waals surface area contributed by atoms with E-state index in [2.05, 4.69) is 0 Å². The van der Waals surface area contributed by atoms with Crippen LogP contribution >= 0.6 is 0 Å². The molecule has 0 aromatic rings. The largest absolute Gasteiger partial charge is 0.478 e. The Bertz CT molecular complexity index is 342. The van der Waals surface area contributed by atoms with Gasteiger partial charge in [-0.1, -0.05) is 0 Å². The summed E-state index contributed by atoms with van der Waals surface area (Å²) in [7, 11) is 0. The van der Waals surface area contributed by atoms with Crippen LogP contribution in [0.15, 0.2) is 12.2 Å². The summed E-state index contributed by atoms with van der Waals surface area (Å²) in [5, 5.41) is 15.6. The van der Waals surface area contributed by atoms with Crippen molar-refractivity contribution in [1.82, 2.24) is 4.90 Å². The normalized spacial score (nSPS) is 19.7. The van der Waals surface area contributed by atoms with E-state index in [-0.39, 0.29) is 12.6 Å². The fourth-order valence-electron chi connectivity index (χ4n) is 1.49. The SMILES string of the molecule is NC1CCN(CCC(F)(F)F)C1.O=C(O)C=CC(=O)O. The summed E-state index contributed by atoms with van der Waals surface area (Å²) in [5.74, 6) is -2.51. The molecule has 9 heteroatoms. The number of carbonyl (C=O) groups is 2. The molecule has 1 aliphatic heterocycles. The zero-order chi connectivity index (χ0) is 15.8. The van der Waals surface area contributed by atoms with Crippen molar-refractivity contribution < 1.29 is 33.0 Å². The maximum Gasteiger partial charge on any atom is 0.390 e. The van der Waals surface area contributed by atoms with E-state index in [1.54, 1.807) is 4.90 Å². The molecule has 6 nitrogen and oxygen atoms in total. The second-order valence-electron chi connectivity index (χ2n) is 4.22. The lowest BCUT2D eigenvalue weighted by Gasteiger charge is -2.15. The van der Waals surface area contributed by atoms with Gasteiger partial charge in [0.2, 0.25) is 0 Å². The first-order valence-electron chi connectivity index (χ1n) is 5.79. The highest BCUT2D eigenvalue weighted by atomic mass is 19.4. The third-order valence-electron chi connectivity index (χ3n) is 2.39. The fraction of sp³-hybridized carbons (Fsp3) is 0.636. The number of nitrogens with zero attached hydrogens (tertiary/aromatic N) is 1. The molecule has 0 bridgehead atoms. The minimum atomic E-state index is -4.04.